The number of anilines is 1. The largest absolute Gasteiger partial charge is 0.357 e. The fraction of sp³-hybridized carbons (Fsp3) is 0.630. The molecule has 0 atom stereocenters. The molecule has 2 saturated heterocycles. The van der Waals surface area contributed by atoms with Crippen LogP contribution < -0.4 is 10.5 Å². The molecular formula is C27H38N4O2S2. The van der Waals surface area contributed by atoms with Gasteiger partial charge in [-0.15, -0.1) is 0 Å². The molecule has 0 spiro atoms. The number of thioether (sulfide) groups is 1. The summed E-state index contributed by atoms with van der Waals surface area (Å²) in [7, 11) is 0. The van der Waals surface area contributed by atoms with Gasteiger partial charge in [0.2, 0.25) is 0 Å². The SMILES string of the molecule is CCCCCCCCN1C(=O)C(=Cc2c(C)c(C#N)c(=O)n(CCCC)c2N2CCCC2)SC1=S. The van der Waals surface area contributed by atoms with E-state index in [1.807, 2.05) is 13.0 Å². The normalized spacial score (nSPS) is 17.1. The predicted octanol–water partition coefficient (Wildman–Crippen LogP) is 5.99. The minimum Gasteiger partial charge on any atom is -0.357 e. The van der Waals surface area contributed by atoms with Crippen molar-refractivity contribution in [2.75, 3.05) is 24.5 Å². The van der Waals surface area contributed by atoms with Crippen LogP contribution in [0.4, 0.5) is 5.82 Å². The van der Waals surface area contributed by atoms with E-state index in [1.165, 1.54) is 37.4 Å². The van der Waals surface area contributed by atoms with Gasteiger partial charge in [-0.2, -0.15) is 5.26 Å². The Bertz CT molecular complexity index is 1060. The molecule has 0 saturated carbocycles. The number of carbonyl (C=O) groups is 1. The van der Waals surface area contributed by atoms with E-state index in [2.05, 4.69) is 24.8 Å². The summed E-state index contributed by atoms with van der Waals surface area (Å²) in [6, 6.07) is 2.13. The number of hydrogen-bond acceptors (Lipinski definition) is 6. The van der Waals surface area contributed by atoms with Crippen molar-refractivity contribution in [3.05, 3.63) is 31.9 Å². The zero-order valence-corrected chi connectivity index (χ0v) is 23.0. The summed E-state index contributed by atoms with van der Waals surface area (Å²) in [4.78, 5) is 31.1. The maximum atomic E-state index is 13.3. The predicted molar refractivity (Wildman–Crippen MR) is 150 cm³/mol. The Morgan fingerprint density at radius 3 is 2.31 bits per heavy atom. The first kappa shape index (κ1) is 27.5. The Labute approximate surface area is 219 Å². The van der Waals surface area contributed by atoms with Crippen molar-refractivity contribution < 1.29 is 4.79 Å². The molecule has 2 aliphatic rings. The van der Waals surface area contributed by atoms with E-state index >= 15 is 0 Å². The third kappa shape index (κ3) is 6.37. The minimum atomic E-state index is -0.229. The zero-order chi connectivity index (χ0) is 25.4. The van der Waals surface area contributed by atoms with Crippen LogP contribution >= 0.6 is 24.0 Å². The third-order valence-electron chi connectivity index (χ3n) is 6.87. The molecule has 1 amide bonds. The highest BCUT2D eigenvalue weighted by Gasteiger charge is 2.33. The van der Waals surface area contributed by atoms with Crippen LogP contribution in [0.25, 0.3) is 6.08 Å². The molecular weight excluding hydrogens is 476 g/mol. The molecule has 0 bridgehead atoms. The van der Waals surface area contributed by atoms with E-state index in [9.17, 15) is 14.9 Å². The van der Waals surface area contributed by atoms with Crippen LogP contribution in [0.1, 0.15) is 94.7 Å². The Balaban J connectivity index is 1.95. The monoisotopic (exact) mass is 514 g/mol. The molecule has 1 aromatic rings. The van der Waals surface area contributed by atoms with Crippen LogP contribution in [0.5, 0.6) is 0 Å². The van der Waals surface area contributed by atoms with Crippen LogP contribution in [0, 0.1) is 18.3 Å². The number of thiocarbonyl (C=S) groups is 1. The van der Waals surface area contributed by atoms with Crippen LogP contribution in [-0.2, 0) is 11.3 Å². The van der Waals surface area contributed by atoms with Gasteiger partial charge in [0.25, 0.3) is 11.5 Å². The molecule has 0 aliphatic carbocycles. The van der Waals surface area contributed by atoms with Crippen molar-refractivity contribution >= 4 is 46.1 Å². The first-order valence-corrected chi connectivity index (χ1v) is 14.3. The van der Waals surface area contributed by atoms with Crippen molar-refractivity contribution in [3.8, 4) is 6.07 Å². The lowest BCUT2D eigenvalue weighted by atomic mass is 10.0. The summed E-state index contributed by atoms with van der Waals surface area (Å²) in [5.74, 6) is 0.781. The number of nitrogens with zero attached hydrogens (tertiary/aromatic N) is 4. The highest BCUT2D eigenvalue weighted by Crippen LogP contribution is 2.36. The number of unbranched alkanes of at least 4 members (excludes halogenated alkanes) is 6. The quantitative estimate of drug-likeness (QED) is 0.194. The van der Waals surface area contributed by atoms with E-state index in [4.69, 9.17) is 12.2 Å². The second-order valence-corrected chi connectivity index (χ2v) is 11.1. The number of hydrogen-bond donors (Lipinski definition) is 0. The summed E-state index contributed by atoms with van der Waals surface area (Å²) in [5.41, 5.74) is 1.39. The molecule has 0 unspecified atom stereocenters. The molecule has 1 aromatic heterocycles. The molecule has 35 heavy (non-hydrogen) atoms. The van der Waals surface area contributed by atoms with Gasteiger partial charge >= 0.3 is 0 Å². The summed E-state index contributed by atoms with van der Waals surface area (Å²) >= 11 is 6.90. The second kappa shape index (κ2) is 13.3. The van der Waals surface area contributed by atoms with Gasteiger partial charge in [0.1, 0.15) is 21.8 Å². The second-order valence-electron chi connectivity index (χ2n) is 9.45. The van der Waals surface area contributed by atoms with Gasteiger partial charge in [-0.25, -0.2) is 0 Å². The van der Waals surface area contributed by atoms with E-state index in [1.54, 1.807) is 9.47 Å². The molecule has 0 radical (unpaired) electrons. The maximum absolute atomic E-state index is 13.3. The van der Waals surface area contributed by atoms with Crippen molar-refractivity contribution in [1.29, 1.82) is 5.26 Å². The molecule has 2 fully saturated rings. The zero-order valence-electron chi connectivity index (χ0n) is 21.4. The molecule has 0 aromatic carbocycles. The van der Waals surface area contributed by atoms with Gasteiger partial charge in [-0.3, -0.25) is 19.1 Å². The molecule has 2 aliphatic heterocycles. The van der Waals surface area contributed by atoms with E-state index < -0.39 is 0 Å². The topological polar surface area (TPSA) is 69.3 Å². The summed E-state index contributed by atoms with van der Waals surface area (Å²) in [5, 5.41) is 9.80. The fourth-order valence-corrected chi connectivity index (χ4v) is 6.10. The first-order valence-electron chi connectivity index (χ1n) is 13.1. The van der Waals surface area contributed by atoms with Gasteiger partial charge in [-0.05, 0) is 44.2 Å². The number of amides is 1. The lowest BCUT2D eigenvalue weighted by Gasteiger charge is -2.27. The number of aromatic nitrogens is 1. The number of pyridine rings is 1. The fourth-order valence-electron chi connectivity index (χ4n) is 4.81. The van der Waals surface area contributed by atoms with Gasteiger partial charge in [-0.1, -0.05) is 76.4 Å². The van der Waals surface area contributed by atoms with Crippen molar-refractivity contribution in [3.63, 3.8) is 0 Å². The number of rotatable bonds is 12. The number of carbonyl (C=O) groups excluding carboxylic acids is 1. The molecule has 190 valence electrons. The van der Waals surface area contributed by atoms with Crippen LogP contribution in [0.15, 0.2) is 9.70 Å². The molecule has 3 heterocycles. The van der Waals surface area contributed by atoms with Crippen molar-refractivity contribution in [2.45, 2.75) is 91.5 Å². The molecule has 0 N–H and O–H groups in total. The summed E-state index contributed by atoms with van der Waals surface area (Å²) in [6.45, 7) is 9.08. The average Bonchev–Trinajstić information content (AvgIpc) is 3.46. The van der Waals surface area contributed by atoms with Crippen molar-refractivity contribution in [2.24, 2.45) is 0 Å². The lowest BCUT2D eigenvalue weighted by molar-refractivity contribution is -0.122. The Hall–Kier alpha value is -2.11. The van der Waals surface area contributed by atoms with E-state index in [0.29, 0.717) is 27.9 Å². The van der Waals surface area contributed by atoms with Crippen LogP contribution in [-0.4, -0.2) is 39.3 Å². The van der Waals surface area contributed by atoms with Crippen molar-refractivity contribution in [1.82, 2.24) is 9.47 Å². The van der Waals surface area contributed by atoms with E-state index in [0.717, 1.165) is 63.0 Å². The summed E-state index contributed by atoms with van der Waals surface area (Å²) in [6.07, 6.45) is 12.8. The van der Waals surface area contributed by atoms with E-state index in [-0.39, 0.29) is 17.0 Å². The highest BCUT2D eigenvalue weighted by atomic mass is 32.2. The molecule has 6 nitrogen and oxygen atoms in total. The van der Waals surface area contributed by atoms with Gasteiger partial charge < -0.3 is 4.90 Å². The molecule has 3 rings (SSSR count). The molecule has 8 heteroatoms. The van der Waals surface area contributed by atoms with Crippen LogP contribution in [0.3, 0.4) is 0 Å². The Kier molecular flexibility index (Phi) is 10.4. The third-order valence-corrected chi connectivity index (χ3v) is 8.25. The van der Waals surface area contributed by atoms with Gasteiger partial charge in [0, 0.05) is 31.7 Å². The van der Waals surface area contributed by atoms with Gasteiger partial charge in [0.15, 0.2) is 0 Å². The number of nitriles is 1. The minimum absolute atomic E-state index is 0.0647. The first-order chi connectivity index (χ1) is 16.9. The standard InChI is InChI=1S/C27H38N4O2S2/c1-4-6-8-9-10-11-17-31-26(33)23(35-27(31)34)18-21-20(3)22(19-28)25(32)30(16-7-5-2)24(21)29-14-12-13-15-29/h18H,4-17H2,1-3H3. The Morgan fingerprint density at radius 2 is 1.66 bits per heavy atom. The Morgan fingerprint density at radius 1 is 1.00 bits per heavy atom. The smallest absolute Gasteiger partial charge is 0.270 e. The van der Waals surface area contributed by atoms with Crippen LogP contribution in [0.2, 0.25) is 0 Å². The van der Waals surface area contributed by atoms with Gasteiger partial charge in [0.05, 0.1) is 4.91 Å². The maximum Gasteiger partial charge on any atom is 0.270 e. The summed E-state index contributed by atoms with van der Waals surface area (Å²) < 4.78 is 2.36. The lowest BCUT2D eigenvalue weighted by Crippen LogP contribution is -2.33. The average molecular weight is 515 g/mol. The highest BCUT2D eigenvalue weighted by molar-refractivity contribution is 8.26.